The molecule has 1 atom stereocenters. The minimum Gasteiger partial charge on any atom is -0.368 e. The van der Waals surface area contributed by atoms with Crippen molar-refractivity contribution in [3.8, 4) is 0 Å². The first-order chi connectivity index (χ1) is 11.0. The summed E-state index contributed by atoms with van der Waals surface area (Å²) in [5, 5.41) is 0. The largest absolute Gasteiger partial charge is 0.368 e. The van der Waals surface area contributed by atoms with E-state index in [-0.39, 0.29) is 6.10 Å². The molecule has 2 N–H and O–H groups in total. The number of nitrogens with zero attached hydrogens (tertiary/aromatic N) is 4. The fraction of sp³-hybridized carbons (Fsp3) is 0.375. The number of pyridine rings is 1. The fourth-order valence-corrected chi connectivity index (χ4v) is 2.60. The van der Waals surface area contributed by atoms with Crippen LogP contribution in [-0.4, -0.2) is 40.6 Å². The molecule has 2 aromatic heterocycles. The molecule has 0 saturated carbocycles. The van der Waals surface area contributed by atoms with Crippen LogP contribution in [0.5, 0.6) is 0 Å². The lowest BCUT2D eigenvalue weighted by Crippen LogP contribution is -2.39. The normalized spacial score (nSPS) is 18.0. The van der Waals surface area contributed by atoms with Gasteiger partial charge >= 0.3 is 0 Å². The molecule has 1 unspecified atom stereocenters. The van der Waals surface area contributed by atoms with Crippen LogP contribution in [0.25, 0.3) is 0 Å². The van der Waals surface area contributed by atoms with Crippen LogP contribution in [0.4, 0.5) is 5.95 Å². The summed E-state index contributed by atoms with van der Waals surface area (Å²) >= 11 is 0. The Balaban J connectivity index is 1.78. The lowest BCUT2D eigenvalue weighted by atomic mass is 10.1. The van der Waals surface area contributed by atoms with Crippen molar-refractivity contribution in [1.29, 1.82) is 0 Å². The van der Waals surface area contributed by atoms with Gasteiger partial charge in [-0.1, -0.05) is 0 Å². The van der Waals surface area contributed by atoms with Crippen LogP contribution in [0.1, 0.15) is 33.5 Å². The van der Waals surface area contributed by atoms with Gasteiger partial charge in [0.05, 0.1) is 24.4 Å². The molecule has 0 radical (unpaired) electrons. The van der Waals surface area contributed by atoms with Crippen LogP contribution in [0, 0.1) is 13.8 Å². The number of carbonyl (C=O) groups excluding carboxylic acids is 1. The first-order valence-corrected chi connectivity index (χ1v) is 7.47. The Kier molecular flexibility index (Phi) is 4.20. The van der Waals surface area contributed by atoms with E-state index in [0.717, 1.165) is 23.6 Å². The van der Waals surface area contributed by atoms with E-state index in [2.05, 4.69) is 19.9 Å². The highest BCUT2D eigenvalue weighted by Crippen LogP contribution is 2.23. The molecule has 120 valence electrons. The molecule has 0 aliphatic carbocycles. The minimum absolute atomic E-state index is 0.185. The molecule has 1 saturated heterocycles. The van der Waals surface area contributed by atoms with E-state index in [1.54, 1.807) is 12.1 Å². The smallest absolute Gasteiger partial charge is 0.250 e. The monoisotopic (exact) mass is 313 g/mol. The molecule has 1 aliphatic heterocycles. The van der Waals surface area contributed by atoms with Crippen LogP contribution in [0.3, 0.4) is 0 Å². The quantitative estimate of drug-likeness (QED) is 0.914. The van der Waals surface area contributed by atoms with Crippen molar-refractivity contribution in [2.24, 2.45) is 5.73 Å². The maximum atomic E-state index is 11.1. The number of aryl methyl sites for hydroxylation is 2. The van der Waals surface area contributed by atoms with Gasteiger partial charge in [-0.3, -0.25) is 9.78 Å². The predicted molar refractivity (Wildman–Crippen MR) is 85.2 cm³/mol. The molecule has 1 aliphatic rings. The van der Waals surface area contributed by atoms with Gasteiger partial charge in [0.1, 0.15) is 6.10 Å². The molecule has 7 nitrogen and oxygen atoms in total. The maximum Gasteiger partial charge on any atom is 0.250 e. The molecule has 23 heavy (non-hydrogen) atoms. The van der Waals surface area contributed by atoms with E-state index in [9.17, 15) is 4.79 Å². The summed E-state index contributed by atoms with van der Waals surface area (Å²) in [6.07, 6.45) is 1.29. The first-order valence-electron chi connectivity index (χ1n) is 7.47. The fourth-order valence-electron chi connectivity index (χ4n) is 2.60. The number of hydrogen-bond donors (Lipinski definition) is 1. The Morgan fingerprint density at radius 1 is 1.30 bits per heavy atom. The number of primary amides is 1. The standard InChI is InChI=1S/C16H19N5O2/c1-10-7-11(2)20-16(19-10)21-5-6-23-14(9-21)13-4-3-12(8-18-13)15(17)22/h3-4,7-8,14H,5-6,9H2,1-2H3,(H2,17,22). The molecule has 0 spiro atoms. The van der Waals surface area contributed by atoms with Gasteiger partial charge in [-0.25, -0.2) is 9.97 Å². The highest BCUT2D eigenvalue weighted by molar-refractivity contribution is 5.92. The number of anilines is 1. The van der Waals surface area contributed by atoms with E-state index in [1.807, 2.05) is 19.9 Å². The Hall–Kier alpha value is -2.54. The number of hydrogen-bond acceptors (Lipinski definition) is 6. The number of ether oxygens (including phenoxy) is 1. The summed E-state index contributed by atoms with van der Waals surface area (Å²) in [6.45, 7) is 5.84. The Bertz CT molecular complexity index is 697. The second-order valence-electron chi connectivity index (χ2n) is 5.59. The summed E-state index contributed by atoms with van der Waals surface area (Å²) in [6, 6.07) is 5.39. The molecule has 0 aromatic carbocycles. The van der Waals surface area contributed by atoms with Crippen molar-refractivity contribution >= 4 is 11.9 Å². The van der Waals surface area contributed by atoms with Gasteiger partial charge < -0.3 is 15.4 Å². The summed E-state index contributed by atoms with van der Waals surface area (Å²) < 4.78 is 5.80. The van der Waals surface area contributed by atoms with Crippen LogP contribution in [-0.2, 0) is 4.74 Å². The topological polar surface area (TPSA) is 94.2 Å². The van der Waals surface area contributed by atoms with Crippen LogP contribution in [0.15, 0.2) is 24.4 Å². The average molecular weight is 313 g/mol. The van der Waals surface area contributed by atoms with Crippen LogP contribution < -0.4 is 10.6 Å². The molecule has 3 heterocycles. The summed E-state index contributed by atoms with van der Waals surface area (Å²) in [5.74, 6) is 0.225. The van der Waals surface area contributed by atoms with E-state index in [0.29, 0.717) is 24.7 Å². The van der Waals surface area contributed by atoms with Crippen LogP contribution >= 0.6 is 0 Å². The third-order valence-corrected chi connectivity index (χ3v) is 3.72. The van der Waals surface area contributed by atoms with E-state index in [4.69, 9.17) is 10.5 Å². The van der Waals surface area contributed by atoms with Gasteiger partial charge in [0.2, 0.25) is 11.9 Å². The van der Waals surface area contributed by atoms with Gasteiger partial charge in [-0.2, -0.15) is 0 Å². The van der Waals surface area contributed by atoms with Gasteiger partial charge in [0, 0.05) is 24.1 Å². The lowest BCUT2D eigenvalue weighted by Gasteiger charge is -2.32. The van der Waals surface area contributed by atoms with E-state index >= 15 is 0 Å². The Morgan fingerprint density at radius 3 is 2.65 bits per heavy atom. The zero-order valence-electron chi connectivity index (χ0n) is 13.2. The highest BCUT2D eigenvalue weighted by atomic mass is 16.5. The van der Waals surface area contributed by atoms with Gasteiger partial charge in [-0.15, -0.1) is 0 Å². The molecule has 1 fully saturated rings. The maximum absolute atomic E-state index is 11.1. The van der Waals surface area contributed by atoms with Crippen LogP contribution in [0.2, 0.25) is 0 Å². The summed E-state index contributed by atoms with van der Waals surface area (Å²) in [5.41, 5.74) is 8.28. The number of nitrogens with two attached hydrogens (primary N) is 1. The van der Waals surface area contributed by atoms with Crippen molar-refractivity contribution in [1.82, 2.24) is 15.0 Å². The van der Waals surface area contributed by atoms with Crippen molar-refractivity contribution in [2.45, 2.75) is 20.0 Å². The van der Waals surface area contributed by atoms with E-state index < -0.39 is 5.91 Å². The first kappa shape index (κ1) is 15.4. The van der Waals surface area contributed by atoms with Gasteiger partial charge in [0.15, 0.2) is 0 Å². The summed E-state index contributed by atoms with van der Waals surface area (Å²) in [7, 11) is 0. The number of carbonyl (C=O) groups is 1. The molecule has 7 heteroatoms. The zero-order chi connectivity index (χ0) is 16.4. The van der Waals surface area contributed by atoms with Crippen molar-refractivity contribution in [3.63, 3.8) is 0 Å². The Labute approximate surface area is 134 Å². The number of amides is 1. The second kappa shape index (κ2) is 6.29. The third kappa shape index (κ3) is 3.45. The molecular weight excluding hydrogens is 294 g/mol. The van der Waals surface area contributed by atoms with E-state index in [1.165, 1.54) is 6.20 Å². The van der Waals surface area contributed by atoms with Crippen molar-refractivity contribution in [2.75, 3.05) is 24.6 Å². The second-order valence-corrected chi connectivity index (χ2v) is 5.59. The third-order valence-electron chi connectivity index (χ3n) is 3.72. The lowest BCUT2D eigenvalue weighted by molar-refractivity contribution is 0.0364. The molecular formula is C16H19N5O2. The van der Waals surface area contributed by atoms with Gasteiger partial charge in [0.25, 0.3) is 0 Å². The molecule has 2 aromatic rings. The van der Waals surface area contributed by atoms with Gasteiger partial charge in [-0.05, 0) is 32.0 Å². The molecule has 1 amide bonds. The predicted octanol–water partition coefficient (Wildman–Crippen LogP) is 1.17. The highest BCUT2D eigenvalue weighted by Gasteiger charge is 2.25. The average Bonchev–Trinajstić information content (AvgIpc) is 2.54. The summed E-state index contributed by atoms with van der Waals surface area (Å²) in [4.78, 5) is 26.5. The Morgan fingerprint density at radius 2 is 2.04 bits per heavy atom. The number of rotatable bonds is 3. The SMILES string of the molecule is Cc1cc(C)nc(N2CCOC(c3ccc(C(N)=O)cn3)C2)n1. The number of morpholine rings is 1. The number of aromatic nitrogens is 3. The molecule has 3 rings (SSSR count). The van der Waals surface area contributed by atoms with Crippen molar-refractivity contribution in [3.05, 3.63) is 47.0 Å². The minimum atomic E-state index is -0.487. The molecule has 0 bridgehead atoms. The zero-order valence-corrected chi connectivity index (χ0v) is 13.2. The van der Waals surface area contributed by atoms with Crippen molar-refractivity contribution < 1.29 is 9.53 Å².